The van der Waals surface area contributed by atoms with Crippen molar-refractivity contribution in [1.82, 2.24) is 5.32 Å². The van der Waals surface area contributed by atoms with Gasteiger partial charge in [0.2, 0.25) is 5.91 Å². The van der Waals surface area contributed by atoms with Crippen LogP contribution >= 0.6 is 11.8 Å². The fourth-order valence-electron chi connectivity index (χ4n) is 1.90. The number of hydrogen-bond acceptors (Lipinski definition) is 6. The average molecular weight is 381 g/mol. The molecule has 2 N–H and O–H groups in total. The number of amides is 1. The molecule has 0 fully saturated rings. The highest BCUT2D eigenvalue weighted by Crippen LogP contribution is 2.29. The minimum absolute atomic E-state index is 0.157. The maximum atomic E-state index is 12.0. The molecule has 0 aliphatic rings. The van der Waals surface area contributed by atoms with E-state index in [0.717, 1.165) is 0 Å². The highest BCUT2D eigenvalue weighted by molar-refractivity contribution is 8.13. The van der Waals surface area contributed by atoms with E-state index in [4.69, 9.17) is 14.6 Å². The molecule has 142 valence electrons. The van der Waals surface area contributed by atoms with Crippen molar-refractivity contribution in [3.63, 3.8) is 0 Å². The van der Waals surface area contributed by atoms with Crippen LogP contribution in [0.3, 0.4) is 0 Å². The summed E-state index contributed by atoms with van der Waals surface area (Å²) in [5, 5.41) is 10.6. The Morgan fingerprint density at radius 2 is 1.88 bits per heavy atom. The van der Waals surface area contributed by atoms with Gasteiger partial charge in [-0.15, -0.1) is 0 Å². The summed E-state index contributed by atoms with van der Waals surface area (Å²) in [6, 6.07) is 5.57. The molecule has 0 spiro atoms. The molecule has 0 bridgehead atoms. The Bertz CT molecular complexity index is 695. The maximum absolute atomic E-state index is 12.0. The molecule has 0 radical (unpaired) electrons. The van der Waals surface area contributed by atoms with E-state index in [0.29, 0.717) is 23.1 Å². The molecule has 0 saturated heterocycles. The Balaban J connectivity index is 2.77. The Morgan fingerprint density at radius 1 is 1.27 bits per heavy atom. The summed E-state index contributed by atoms with van der Waals surface area (Å²) in [6.07, 6.45) is 0. The molecule has 8 heteroatoms. The fraction of sp³-hybridized carbons (Fsp3) is 0.389. The van der Waals surface area contributed by atoms with Gasteiger partial charge in [0.25, 0.3) is 0 Å². The van der Waals surface area contributed by atoms with Gasteiger partial charge in [-0.2, -0.15) is 0 Å². The van der Waals surface area contributed by atoms with Gasteiger partial charge in [0.05, 0.1) is 5.56 Å². The van der Waals surface area contributed by atoms with Crippen LogP contribution in [0.15, 0.2) is 30.8 Å². The van der Waals surface area contributed by atoms with Gasteiger partial charge >= 0.3 is 11.3 Å². The van der Waals surface area contributed by atoms with Crippen LogP contribution in [0.5, 0.6) is 5.75 Å². The third-order valence-corrected chi connectivity index (χ3v) is 3.67. The molecule has 0 aromatic heterocycles. The lowest BCUT2D eigenvalue weighted by molar-refractivity contribution is -0.140. The van der Waals surface area contributed by atoms with Crippen molar-refractivity contribution in [2.24, 2.45) is 0 Å². The number of carbonyl (C=O) groups excluding carboxylic acids is 2. The summed E-state index contributed by atoms with van der Waals surface area (Å²) in [6.45, 7) is 10.7. The first-order valence-corrected chi connectivity index (χ1v) is 8.80. The minimum atomic E-state index is -1.23. The summed E-state index contributed by atoms with van der Waals surface area (Å²) < 4.78 is 11.0. The van der Waals surface area contributed by atoms with Crippen molar-refractivity contribution < 1.29 is 29.0 Å². The van der Waals surface area contributed by atoms with Crippen LogP contribution in [0.2, 0.25) is 0 Å². The third-order valence-electron chi connectivity index (χ3n) is 2.85. The van der Waals surface area contributed by atoms with E-state index in [-0.39, 0.29) is 11.5 Å². The van der Waals surface area contributed by atoms with Gasteiger partial charge in [0.1, 0.15) is 23.2 Å². The van der Waals surface area contributed by atoms with E-state index in [1.54, 1.807) is 24.3 Å². The van der Waals surface area contributed by atoms with Gasteiger partial charge < -0.3 is 19.9 Å². The Kier molecular flexibility index (Phi) is 7.70. The molecular formula is C18H23NO6S. The predicted molar refractivity (Wildman–Crippen MR) is 100 cm³/mol. The van der Waals surface area contributed by atoms with Crippen molar-refractivity contribution in [3.05, 3.63) is 36.4 Å². The monoisotopic (exact) mass is 381 g/mol. The van der Waals surface area contributed by atoms with Crippen molar-refractivity contribution in [1.29, 1.82) is 0 Å². The number of nitrogens with one attached hydrogen (secondary N) is 1. The third kappa shape index (κ3) is 7.60. The van der Waals surface area contributed by atoms with E-state index >= 15 is 0 Å². The van der Waals surface area contributed by atoms with Crippen LogP contribution in [0, 0.1) is 0 Å². The summed E-state index contributed by atoms with van der Waals surface area (Å²) >= 11 is 0.656. The van der Waals surface area contributed by atoms with E-state index in [2.05, 4.69) is 11.9 Å². The summed E-state index contributed by atoms with van der Waals surface area (Å²) in [7, 11) is 0. The van der Waals surface area contributed by atoms with Crippen LogP contribution < -0.4 is 10.1 Å². The average Bonchev–Trinajstić information content (AvgIpc) is 2.49. The SMILES string of the molecule is C=C(OC(C)(C)C)c1ccccc1OC(=O)SCC(NC(C)=O)C(=O)O. The normalized spacial score (nSPS) is 12.0. The van der Waals surface area contributed by atoms with Gasteiger partial charge in [-0.05, 0) is 44.7 Å². The van der Waals surface area contributed by atoms with Crippen molar-refractivity contribution >= 4 is 34.7 Å². The zero-order valence-electron chi connectivity index (χ0n) is 15.2. The number of carboxylic acids is 1. The number of ether oxygens (including phenoxy) is 2. The smallest absolute Gasteiger partial charge is 0.372 e. The predicted octanol–water partition coefficient (Wildman–Crippen LogP) is 3.29. The van der Waals surface area contributed by atoms with Gasteiger partial charge in [-0.3, -0.25) is 4.79 Å². The molecular weight excluding hydrogens is 358 g/mol. The first-order valence-electron chi connectivity index (χ1n) is 7.81. The van der Waals surface area contributed by atoms with Gasteiger partial charge in [-0.1, -0.05) is 18.7 Å². The molecule has 1 amide bonds. The standard InChI is InChI=1S/C18H23NO6S/c1-11(25-18(3,4)5)13-8-6-7-9-15(13)24-17(23)26-10-14(16(21)22)19-12(2)20/h6-9,14H,1,10H2,2-5H3,(H,19,20)(H,21,22). The lowest BCUT2D eigenvalue weighted by atomic mass is 10.1. The molecule has 26 heavy (non-hydrogen) atoms. The second kappa shape index (κ2) is 9.28. The number of aliphatic carboxylic acids is 1. The second-order valence-corrected chi connectivity index (χ2v) is 7.34. The summed E-state index contributed by atoms with van der Waals surface area (Å²) in [5.74, 6) is -1.27. The maximum Gasteiger partial charge on any atom is 0.372 e. The molecule has 1 rings (SSSR count). The second-order valence-electron chi connectivity index (χ2n) is 6.39. The van der Waals surface area contributed by atoms with Crippen LogP contribution in [-0.4, -0.2) is 39.7 Å². The molecule has 0 aliphatic carbocycles. The van der Waals surface area contributed by atoms with E-state index in [1.807, 2.05) is 20.8 Å². The molecule has 1 atom stereocenters. The molecule has 1 aromatic rings. The number of para-hydroxylation sites is 1. The number of carboxylic acid groups (broad SMARTS) is 1. The van der Waals surface area contributed by atoms with Crippen LogP contribution in [0.25, 0.3) is 5.76 Å². The number of hydrogen-bond donors (Lipinski definition) is 2. The zero-order valence-corrected chi connectivity index (χ0v) is 16.0. The Hall–Kier alpha value is -2.48. The van der Waals surface area contributed by atoms with Gasteiger partial charge in [0, 0.05) is 12.7 Å². The van der Waals surface area contributed by atoms with Crippen LogP contribution in [0.4, 0.5) is 4.79 Å². The quantitative estimate of drug-likeness (QED) is 0.552. The van der Waals surface area contributed by atoms with Crippen molar-refractivity contribution in [2.45, 2.75) is 39.3 Å². The highest BCUT2D eigenvalue weighted by Gasteiger charge is 2.22. The van der Waals surface area contributed by atoms with Crippen LogP contribution in [-0.2, 0) is 14.3 Å². The lowest BCUT2D eigenvalue weighted by Gasteiger charge is -2.23. The molecule has 1 unspecified atom stereocenters. The number of rotatable bonds is 7. The molecule has 0 heterocycles. The minimum Gasteiger partial charge on any atom is -0.488 e. The van der Waals surface area contributed by atoms with E-state index in [9.17, 15) is 14.4 Å². The van der Waals surface area contributed by atoms with Gasteiger partial charge in [-0.25, -0.2) is 9.59 Å². The number of benzene rings is 1. The van der Waals surface area contributed by atoms with Crippen LogP contribution in [0.1, 0.15) is 33.3 Å². The molecule has 1 aromatic carbocycles. The van der Waals surface area contributed by atoms with Crippen molar-refractivity contribution in [3.8, 4) is 5.75 Å². The zero-order chi connectivity index (χ0) is 19.9. The van der Waals surface area contributed by atoms with E-state index in [1.165, 1.54) is 6.92 Å². The first kappa shape index (κ1) is 21.6. The number of thioether (sulfide) groups is 1. The Morgan fingerprint density at radius 3 is 2.42 bits per heavy atom. The topological polar surface area (TPSA) is 102 Å². The lowest BCUT2D eigenvalue weighted by Crippen LogP contribution is -2.41. The number of carbonyl (C=O) groups is 3. The highest BCUT2D eigenvalue weighted by atomic mass is 32.2. The van der Waals surface area contributed by atoms with Crippen molar-refractivity contribution in [2.75, 3.05) is 5.75 Å². The molecule has 7 nitrogen and oxygen atoms in total. The largest absolute Gasteiger partial charge is 0.488 e. The molecule has 0 saturated carbocycles. The fourth-order valence-corrected chi connectivity index (χ4v) is 2.58. The summed E-state index contributed by atoms with van der Waals surface area (Å²) in [4.78, 5) is 34.1. The molecule has 0 aliphatic heterocycles. The summed E-state index contributed by atoms with van der Waals surface area (Å²) in [5.41, 5.74) is 0.0590. The Labute approximate surface area is 156 Å². The van der Waals surface area contributed by atoms with E-state index < -0.39 is 28.8 Å². The van der Waals surface area contributed by atoms with Gasteiger partial charge in [0.15, 0.2) is 0 Å². The first-order chi connectivity index (χ1) is 12.0.